The van der Waals surface area contributed by atoms with Gasteiger partial charge in [-0.15, -0.1) is 0 Å². The lowest BCUT2D eigenvalue weighted by molar-refractivity contribution is 0.0957. The largest absolute Gasteiger partial charge is 0.496 e. The van der Waals surface area contributed by atoms with Crippen molar-refractivity contribution >= 4 is 17.5 Å². The molecule has 0 fully saturated rings. The van der Waals surface area contributed by atoms with Crippen LogP contribution in [0.3, 0.4) is 0 Å². The second-order valence-corrected chi connectivity index (χ2v) is 5.61. The first kappa shape index (κ1) is 16.9. The smallest absolute Gasteiger partial charge is 0.251 e. The van der Waals surface area contributed by atoms with Gasteiger partial charge in [0.15, 0.2) is 11.6 Å². The van der Waals surface area contributed by atoms with Crippen LogP contribution in [0.2, 0.25) is 0 Å². The highest BCUT2D eigenvalue weighted by atomic mass is 16.5. The Hall–Kier alpha value is -2.99. The zero-order valence-electron chi connectivity index (χ0n) is 13.9. The molecule has 6 nitrogen and oxygen atoms in total. The number of hydrogen-bond donors (Lipinski definition) is 2. The van der Waals surface area contributed by atoms with Gasteiger partial charge in [0, 0.05) is 35.9 Å². The van der Waals surface area contributed by atoms with Gasteiger partial charge in [-0.05, 0) is 30.2 Å². The summed E-state index contributed by atoms with van der Waals surface area (Å²) in [6.45, 7) is -0.243. The van der Waals surface area contributed by atoms with Crippen LogP contribution in [0.15, 0.2) is 30.3 Å². The van der Waals surface area contributed by atoms with Crippen molar-refractivity contribution in [1.29, 1.82) is 0 Å². The minimum Gasteiger partial charge on any atom is -0.496 e. The maximum atomic E-state index is 13.1. The predicted molar refractivity (Wildman–Crippen MR) is 90.5 cm³/mol. The molecule has 0 radical (unpaired) electrons. The summed E-state index contributed by atoms with van der Waals surface area (Å²) in [5, 5.41) is 11.9. The van der Waals surface area contributed by atoms with Crippen molar-refractivity contribution in [3.8, 4) is 5.75 Å². The predicted octanol–water partition coefficient (Wildman–Crippen LogP) is 1.36. The Kier molecular flexibility index (Phi) is 4.37. The molecule has 0 unspecified atom stereocenters. The third kappa shape index (κ3) is 2.51. The van der Waals surface area contributed by atoms with Crippen LogP contribution in [0.1, 0.15) is 47.8 Å². The molecule has 2 N–H and O–H groups in total. The quantitative estimate of drug-likeness (QED) is 0.749. The third-order valence-corrected chi connectivity index (χ3v) is 4.34. The van der Waals surface area contributed by atoms with Crippen LogP contribution in [0.25, 0.3) is 0 Å². The van der Waals surface area contributed by atoms with Gasteiger partial charge in [0.2, 0.25) is 0 Å². The topological polar surface area (TPSA) is 92.7 Å². The van der Waals surface area contributed by atoms with Crippen molar-refractivity contribution in [3.63, 3.8) is 0 Å². The summed E-state index contributed by atoms with van der Waals surface area (Å²) in [7, 11) is 2.92. The number of nitrogens with one attached hydrogen (secondary N) is 1. The number of rotatable bonds is 4. The summed E-state index contributed by atoms with van der Waals surface area (Å²) in [5.41, 5.74) is 1.53. The summed E-state index contributed by atoms with van der Waals surface area (Å²) in [6, 6.07) is 7.83. The van der Waals surface area contributed by atoms with Gasteiger partial charge >= 0.3 is 0 Å². The van der Waals surface area contributed by atoms with Gasteiger partial charge in [0.25, 0.3) is 5.91 Å². The van der Waals surface area contributed by atoms with Crippen LogP contribution in [-0.2, 0) is 6.42 Å². The van der Waals surface area contributed by atoms with Crippen LogP contribution in [0.5, 0.6) is 5.75 Å². The van der Waals surface area contributed by atoms with Crippen molar-refractivity contribution in [2.75, 3.05) is 20.8 Å². The molecule has 0 spiro atoms. The van der Waals surface area contributed by atoms with E-state index in [-0.39, 0.29) is 58.3 Å². The highest BCUT2D eigenvalue weighted by Crippen LogP contribution is 2.35. The highest BCUT2D eigenvalue weighted by Gasteiger charge is 2.35. The molecular weight excluding hydrogens is 322 g/mol. The average Bonchev–Trinajstić information content (AvgIpc) is 2.64. The molecule has 0 saturated carbocycles. The van der Waals surface area contributed by atoms with Crippen molar-refractivity contribution in [2.24, 2.45) is 0 Å². The second-order valence-electron chi connectivity index (χ2n) is 5.61. The summed E-state index contributed by atoms with van der Waals surface area (Å²) in [5.74, 6) is -0.717. The molecule has 0 aliphatic heterocycles. The van der Waals surface area contributed by atoms with Gasteiger partial charge in [0.1, 0.15) is 5.75 Å². The van der Waals surface area contributed by atoms with Crippen LogP contribution in [0, 0.1) is 0 Å². The summed E-state index contributed by atoms with van der Waals surface area (Å²) in [4.78, 5) is 38.1. The van der Waals surface area contributed by atoms with E-state index in [0.717, 1.165) is 0 Å². The van der Waals surface area contributed by atoms with E-state index in [1.807, 2.05) is 0 Å². The maximum absolute atomic E-state index is 13.1. The minimum absolute atomic E-state index is 0.101. The van der Waals surface area contributed by atoms with Crippen molar-refractivity contribution in [1.82, 2.24) is 5.32 Å². The van der Waals surface area contributed by atoms with Crippen molar-refractivity contribution in [3.05, 3.63) is 63.7 Å². The Morgan fingerprint density at radius 3 is 2.40 bits per heavy atom. The number of carbonyl (C=O) groups excluding carboxylic acids is 3. The fraction of sp³-hybridized carbons (Fsp3) is 0.211. The zero-order valence-corrected chi connectivity index (χ0v) is 13.9. The average molecular weight is 339 g/mol. The van der Waals surface area contributed by atoms with E-state index in [4.69, 9.17) is 4.74 Å². The number of amides is 1. The number of fused-ring (bicyclic) bond motifs is 2. The Morgan fingerprint density at radius 1 is 1.08 bits per heavy atom. The number of aliphatic hydroxyl groups excluding tert-OH is 1. The minimum atomic E-state index is -0.372. The molecule has 128 valence electrons. The Balaban J connectivity index is 2.31. The second kappa shape index (κ2) is 6.49. The molecule has 0 saturated heterocycles. The van der Waals surface area contributed by atoms with Crippen molar-refractivity contribution < 1.29 is 24.2 Å². The Morgan fingerprint density at radius 2 is 1.76 bits per heavy atom. The molecule has 2 aromatic carbocycles. The van der Waals surface area contributed by atoms with Crippen LogP contribution in [-0.4, -0.2) is 43.3 Å². The van der Waals surface area contributed by atoms with Gasteiger partial charge in [-0.3, -0.25) is 14.4 Å². The van der Waals surface area contributed by atoms with Crippen molar-refractivity contribution in [2.45, 2.75) is 6.42 Å². The summed E-state index contributed by atoms with van der Waals surface area (Å²) < 4.78 is 5.23. The van der Waals surface area contributed by atoms with Gasteiger partial charge in [0.05, 0.1) is 12.7 Å². The van der Waals surface area contributed by atoms with Crippen LogP contribution >= 0.6 is 0 Å². The fourth-order valence-electron chi connectivity index (χ4n) is 3.21. The number of ether oxygens (including phenoxy) is 1. The number of carbonyl (C=O) groups is 3. The number of aliphatic hydroxyl groups is 1. The summed E-state index contributed by atoms with van der Waals surface area (Å²) in [6.07, 6.45) is 0.101. The molecule has 1 aliphatic rings. The van der Waals surface area contributed by atoms with Gasteiger partial charge < -0.3 is 15.2 Å². The molecule has 25 heavy (non-hydrogen) atoms. The normalized spacial score (nSPS) is 12.4. The highest BCUT2D eigenvalue weighted by molar-refractivity contribution is 6.30. The Bertz CT molecular complexity index is 901. The lowest BCUT2D eigenvalue weighted by atomic mass is 9.79. The standard InChI is InChI=1S/C19H17NO5/c1-20-19(24)11-6-7-13-15(10(11)8-9-21)17(22)12-4-3-5-14(25-2)16(12)18(13)23/h3-7,21H,8-9H2,1-2H3,(H,20,24). The van der Waals surface area contributed by atoms with Gasteiger partial charge in [-0.2, -0.15) is 0 Å². The van der Waals surface area contributed by atoms with E-state index >= 15 is 0 Å². The summed E-state index contributed by atoms with van der Waals surface area (Å²) >= 11 is 0. The van der Waals surface area contributed by atoms with E-state index in [2.05, 4.69) is 5.32 Å². The SMILES string of the molecule is CNC(=O)c1ccc2c(c1CCO)C(=O)c1cccc(OC)c1C2=O. The van der Waals surface area contributed by atoms with Crippen LogP contribution in [0.4, 0.5) is 0 Å². The number of methoxy groups -OCH3 is 1. The number of benzene rings is 2. The zero-order chi connectivity index (χ0) is 18.1. The molecule has 1 amide bonds. The van der Waals surface area contributed by atoms with E-state index in [9.17, 15) is 19.5 Å². The number of hydrogen-bond acceptors (Lipinski definition) is 5. The molecule has 0 aromatic heterocycles. The van der Waals surface area contributed by atoms with E-state index in [0.29, 0.717) is 11.3 Å². The first-order valence-corrected chi connectivity index (χ1v) is 7.80. The van der Waals surface area contributed by atoms with Gasteiger partial charge in [-0.1, -0.05) is 12.1 Å². The molecule has 3 rings (SSSR count). The molecule has 2 aromatic rings. The first-order valence-electron chi connectivity index (χ1n) is 7.80. The number of ketones is 2. The first-order chi connectivity index (χ1) is 12.0. The van der Waals surface area contributed by atoms with Crippen LogP contribution < -0.4 is 10.1 Å². The maximum Gasteiger partial charge on any atom is 0.251 e. The third-order valence-electron chi connectivity index (χ3n) is 4.34. The molecule has 1 aliphatic carbocycles. The molecule has 0 atom stereocenters. The lowest BCUT2D eigenvalue weighted by Gasteiger charge is -2.23. The molecule has 6 heteroatoms. The fourth-order valence-corrected chi connectivity index (χ4v) is 3.21. The van der Waals surface area contributed by atoms with E-state index in [1.165, 1.54) is 26.3 Å². The lowest BCUT2D eigenvalue weighted by Crippen LogP contribution is -2.27. The molecule has 0 heterocycles. The van der Waals surface area contributed by atoms with E-state index in [1.54, 1.807) is 18.2 Å². The Labute approximate surface area is 144 Å². The van der Waals surface area contributed by atoms with E-state index < -0.39 is 0 Å². The molecular formula is C19H17NO5. The van der Waals surface area contributed by atoms with Gasteiger partial charge in [-0.25, -0.2) is 0 Å². The monoisotopic (exact) mass is 339 g/mol. The molecule has 0 bridgehead atoms.